The summed E-state index contributed by atoms with van der Waals surface area (Å²) in [6.45, 7) is 7.80. The van der Waals surface area contributed by atoms with Crippen molar-refractivity contribution in [2.75, 3.05) is 32.7 Å². The summed E-state index contributed by atoms with van der Waals surface area (Å²) in [4.78, 5) is 4.72. The Hall–Kier alpha value is -0.970. The van der Waals surface area contributed by atoms with E-state index < -0.39 is 0 Å². The number of hydrogen-bond acceptors (Lipinski definition) is 3. The Labute approximate surface area is 121 Å². The number of nitrogens with zero attached hydrogens (tertiary/aromatic N) is 2. The third-order valence-corrected chi connectivity index (χ3v) is 3.88. The van der Waals surface area contributed by atoms with Crippen LogP contribution in [0, 0.1) is 5.82 Å². The number of aliphatic hydroxyl groups is 1. The standard InChI is InChI=1S/C16H25FN2O/c1-2-3-16(20)13-19-10-8-18(9-11-19)12-14-4-6-15(17)7-5-14/h4-7,16,20H,2-3,8-13H2,1H3. The molecule has 0 spiro atoms. The van der Waals surface area contributed by atoms with Crippen molar-refractivity contribution in [3.8, 4) is 0 Å². The number of benzene rings is 1. The Morgan fingerprint density at radius 1 is 1.10 bits per heavy atom. The van der Waals surface area contributed by atoms with Gasteiger partial charge in [0.05, 0.1) is 6.10 Å². The van der Waals surface area contributed by atoms with E-state index in [-0.39, 0.29) is 11.9 Å². The highest BCUT2D eigenvalue weighted by atomic mass is 19.1. The predicted octanol–water partition coefficient (Wildman–Crippen LogP) is 2.10. The third kappa shape index (κ3) is 4.85. The fourth-order valence-electron chi connectivity index (χ4n) is 2.70. The summed E-state index contributed by atoms with van der Waals surface area (Å²) in [6.07, 6.45) is 1.73. The summed E-state index contributed by atoms with van der Waals surface area (Å²) in [6, 6.07) is 6.75. The topological polar surface area (TPSA) is 26.7 Å². The van der Waals surface area contributed by atoms with Crippen LogP contribution in [0.1, 0.15) is 25.3 Å². The summed E-state index contributed by atoms with van der Waals surface area (Å²) >= 11 is 0. The zero-order chi connectivity index (χ0) is 14.4. The number of rotatable bonds is 6. The molecule has 1 heterocycles. The van der Waals surface area contributed by atoms with Crippen molar-refractivity contribution >= 4 is 0 Å². The molecule has 112 valence electrons. The molecule has 3 nitrogen and oxygen atoms in total. The molecule has 0 bridgehead atoms. The van der Waals surface area contributed by atoms with E-state index in [1.165, 1.54) is 12.1 Å². The van der Waals surface area contributed by atoms with E-state index in [0.29, 0.717) is 0 Å². The minimum absolute atomic E-state index is 0.177. The SMILES string of the molecule is CCCC(O)CN1CCN(Cc2ccc(F)cc2)CC1. The lowest BCUT2D eigenvalue weighted by atomic mass is 10.1. The highest BCUT2D eigenvalue weighted by Crippen LogP contribution is 2.10. The largest absolute Gasteiger partial charge is 0.392 e. The van der Waals surface area contributed by atoms with E-state index in [2.05, 4.69) is 16.7 Å². The van der Waals surface area contributed by atoms with Crippen molar-refractivity contribution in [3.05, 3.63) is 35.6 Å². The maximum atomic E-state index is 12.9. The molecule has 20 heavy (non-hydrogen) atoms. The summed E-state index contributed by atoms with van der Waals surface area (Å²) in [7, 11) is 0. The molecule has 1 aromatic carbocycles. The van der Waals surface area contributed by atoms with Crippen molar-refractivity contribution in [2.24, 2.45) is 0 Å². The highest BCUT2D eigenvalue weighted by Gasteiger charge is 2.18. The maximum absolute atomic E-state index is 12.9. The van der Waals surface area contributed by atoms with E-state index in [1.54, 1.807) is 0 Å². The lowest BCUT2D eigenvalue weighted by Crippen LogP contribution is -2.48. The normalized spacial score (nSPS) is 19.1. The molecule has 0 aliphatic carbocycles. The molecule has 1 unspecified atom stereocenters. The van der Waals surface area contributed by atoms with Gasteiger partial charge in [0.2, 0.25) is 0 Å². The second-order valence-electron chi connectivity index (χ2n) is 5.65. The number of piperazine rings is 1. The van der Waals surface area contributed by atoms with Crippen molar-refractivity contribution in [1.82, 2.24) is 9.80 Å². The van der Waals surface area contributed by atoms with Crippen LogP contribution in [-0.4, -0.2) is 53.7 Å². The van der Waals surface area contributed by atoms with Crippen LogP contribution in [0.2, 0.25) is 0 Å². The van der Waals surface area contributed by atoms with Gasteiger partial charge in [-0.1, -0.05) is 25.5 Å². The van der Waals surface area contributed by atoms with Crippen LogP contribution in [-0.2, 0) is 6.54 Å². The van der Waals surface area contributed by atoms with Crippen LogP contribution in [0.3, 0.4) is 0 Å². The first-order valence-corrected chi connectivity index (χ1v) is 7.54. The average molecular weight is 280 g/mol. The van der Waals surface area contributed by atoms with Gasteiger partial charge in [-0.2, -0.15) is 0 Å². The number of β-amino-alcohol motifs (C(OH)–C–C–N with tert-alkyl or cyclic N) is 1. The molecule has 1 saturated heterocycles. The van der Waals surface area contributed by atoms with Gasteiger partial charge in [-0.25, -0.2) is 4.39 Å². The minimum Gasteiger partial charge on any atom is -0.392 e. The minimum atomic E-state index is -0.191. The van der Waals surface area contributed by atoms with Crippen molar-refractivity contribution in [2.45, 2.75) is 32.4 Å². The van der Waals surface area contributed by atoms with E-state index in [9.17, 15) is 9.50 Å². The molecule has 1 aliphatic heterocycles. The quantitative estimate of drug-likeness (QED) is 0.864. The monoisotopic (exact) mass is 280 g/mol. The molecule has 4 heteroatoms. The Balaban J connectivity index is 1.72. The van der Waals surface area contributed by atoms with Crippen molar-refractivity contribution in [1.29, 1.82) is 0 Å². The van der Waals surface area contributed by atoms with E-state index in [1.807, 2.05) is 12.1 Å². The fourth-order valence-corrected chi connectivity index (χ4v) is 2.70. The molecule has 0 saturated carbocycles. The third-order valence-electron chi connectivity index (χ3n) is 3.88. The van der Waals surface area contributed by atoms with Crippen LogP contribution in [0.15, 0.2) is 24.3 Å². The first-order valence-electron chi connectivity index (χ1n) is 7.54. The van der Waals surface area contributed by atoms with Gasteiger partial charge in [-0.05, 0) is 24.1 Å². The van der Waals surface area contributed by atoms with Gasteiger partial charge in [0.1, 0.15) is 5.82 Å². The number of hydrogen-bond donors (Lipinski definition) is 1. The Bertz CT molecular complexity index is 388. The predicted molar refractivity (Wildman–Crippen MR) is 79.0 cm³/mol. The molecular formula is C16H25FN2O. The second-order valence-corrected chi connectivity index (χ2v) is 5.65. The van der Waals surface area contributed by atoms with E-state index in [4.69, 9.17) is 0 Å². The van der Waals surface area contributed by atoms with Crippen molar-refractivity contribution < 1.29 is 9.50 Å². The van der Waals surface area contributed by atoms with Gasteiger partial charge in [-0.3, -0.25) is 9.80 Å². The zero-order valence-electron chi connectivity index (χ0n) is 12.3. The molecule has 1 atom stereocenters. The maximum Gasteiger partial charge on any atom is 0.123 e. The number of aliphatic hydroxyl groups excluding tert-OH is 1. The van der Waals surface area contributed by atoms with Crippen LogP contribution in [0.25, 0.3) is 0 Å². The van der Waals surface area contributed by atoms with Crippen LogP contribution in [0.5, 0.6) is 0 Å². The van der Waals surface area contributed by atoms with Crippen LogP contribution in [0.4, 0.5) is 4.39 Å². The van der Waals surface area contributed by atoms with Gasteiger partial charge in [0, 0.05) is 39.3 Å². The van der Waals surface area contributed by atoms with Gasteiger partial charge in [-0.15, -0.1) is 0 Å². The Morgan fingerprint density at radius 3 is 2.30 bits per heavy atom. The van der Waals surface area contributed by atoms with Crippen LogP contribution < -0.4 is 0 Å². The molecule has 1 aliphatic rings. The summed E-state index contributed by atoms with van der Waals surface area (Å²) in [5.74, 6) is -0.177. The van der Waals surface area contributed by atoms with Gasteiger partial charge in [0.25, 0.3) is 0 Å². The van der Waals surface area contributed by atoms with E-state index in [0.717, 1.165) is 57.7 Å². The molecular weight excluding hydrogens is 255 g/mol. The Morgan fingerprint density at radius 2 is 1.70 bits per heavy atom. The average Bonchev–Trinajstić information content (AvgIpc) is 2.44. The lowest BCUT2D eigenvalue weighted by Gasteiger charge is -2.35. The summed E-state index contributed by atoms with van der Waals surface area (Å²) in [5.41, 5.74) is 1.16. The number of halogens is 1. The first kappa shape index (κ1) is 15.4. The first-order chi connectivity index (χ1) is 9.67. The zero-order valence-corrected chi connectivity index (χ0v) is 12.3. The van der Waals surface area contributed by atoms with Gasteiger partial charge in [0.15, 0.2) is 0 Å². The summed E-state index contributed by atoms with van der Waals surface area (Å²) < 4.78 is 12.9. The molecule has 2 rings (SSSR count). The molecule has 1 fully saturated rings. The van der Waals surface area contributed by atoms with Crippen LogP contribution >= 0.6 is 0 Å². The van der Waals surface area contributed by atoms with Gasteiger partial charge < -0.3 is 5.11 Å². The molecule has 0 aromatic heterocycles. The highest BCUT2D eigenvalue weighted by molar-refractivity contribution is 5.15. The van der Waals surface area contributed by atoms with Gasteiger partial charge >= 0.3 is 0 Å². The fraction of sp³-hybridized carbons (Fsp3) is 0.625. The smallest absolute Gasteiger partial charge is 0.123 e. The second kappa shape index (κ2) is 7.72. The molecule has 0 radical (unpaired) electrons. The molecule has 0 amide bonds. The molecule has 1 aromatic rings. The van der Waals surface area contributed by atoms with Crippen molar-refractivity contribution in [3.63, 3.8) is 0 Å². The van der Waals surface area contributed by atoms with E-state index >= 15 is 0 Å². The summed E-state index contributed by atoms with van der Waals surface area (Å²) in [5, 5.41) is 9.84. The lowest BCUT2D eigenvalue weighted by molar-refractivity contribution is 0.0661. The Kier molecular flexibility index (Phi) is 5.95. The molecule has 1 N–H and O–H groups in total.